The Kier molecular flexibility index (Phi) is 4.90. The average Bonchev–Trinajstić information content (AvgIpc) is 2.87. The summed E-state index contributed by atoms with van der Waals surface area (Å²) >= 11 is 0. The summed E-state index contributed by atoms with van der Waals surface area (Å²) in [7, 11) is 0. The third-order valence-corrected chi connectivity index (χ3v) is 3.99. The van der Waals surface area contributed by atoms with E-state index in [0.29, 0.717) is 17.8 Å². The maximum Gasteiger partial charge on any atom is 0.233 e. The van der Waals surface area contributed by atoms with Gasteiger partial charge in [0.05, 0.1) is 12.6 Å². The number of rotatable bonds is 5. The van der Waals surface area contributed by atoms with Gasteiger partial charge in [0.1, 0.15) is 0 Å². The van der Waals surface area contributed by atoms with E-state index in [1.54, 1.807) is 0 Å². The number of aromatic nitrogens is 2. The molecule has 1 aromatic rings. The minimum absolute atomic E-state index is 0.164. The van der Waals surface area contributed by atoms with Crippen molar-refractivity contribution >= 4 is 0 Å². The minimum atomic E-state index is 0.164. The molecule has 6 heteroatoms. The van der Waals surface area contributed by atoms with Crippen LogP contribution in [0.4, 0.5) is 0 Å². The topological polar surface area (TPSA) is 65.6 Å². The summed E-state index contributed by atoms with van der Waals surface area (Å²) in [5.41, 5.74) is 0. The summed E-state index contributed by atoms with van der Waals surface area (Å²) in [6.07, 6.45) is 0.995. The van der Waals surface area contributed by atoms with E-state index < -0.39 is 0 Å². The zero-order chi connectivity index (χ0) is 13.8. The fraction of sp³-hybridized carbons (Fsp3) is 0.846. The lowest BCUT2D eigenvalue weighted by Gasteiger charge is -2.40. The van der Waals surface area contributed by atoms with Crippen molar-refractivity contribution in [2.45, 2.75) is 39.3 Å². The Morgan fingerprint density at radius 2 is 1.84 bits per heavy atom. The standard InChI is InChI=1S/C13H24N4O2/c1-4-12(9-18)17-7-5-16(6-8-17)10(2)13-15-14-11(3)19-13/h10,12,18H,4-9H2,1-3H3. The second kappa shape index (κ2) is 6.45. The Morgan fingerprint density at radius 3 is 2.32 bits per heavy atom. The van der Waals surface area contributed by atoms with Crippen LogP contribution in [0.1, 0.15) is 38.1 Å². The van der Waals surface area contributed by atoms with Crippen molar-refractivity contribution in [1.82, 2.24) is 20.0 Å². The Morgan fingerprint density at radius 1 is 1.21 bits per heavy atom. The fourth-order valence-electron chi connectivity index (χ4n) is 2.63. The van der Waals surface area contributed by atoms with Crippen LogP contribution in [0.25, 0.3) is 0 Å². The molecule has 2 heterocycles. The summed E-state index contributed by atoms with van der Waals surface area (Å²) in [4.78, 5) is 4.72. The van der Waals surface area contributed by atoms with Gasteiger partial charge in [-0.3, -0.25) is 9.80 Å². The second-order valence-electron chi connectivity index (χ2n) is 5.15. The Hall–Kier alpha value is -0.980. The highest BCUT2D eigenvalue weighted by Crippen LogP contribution is 2.21. The first kappa shape index (κ1) is 14.4. The highest BCUT2D eigenvalue weighted by molar-refractivity contribution is 4.90. The number of piperazine rings is 1. The van der Waals surface area contributed by atoms with Gasteiger partial charge in [0.15, 0.2) is 0 Å². The number of aliphatic hydroxyl groups excluding tert-OH is 1. The van der Waals surface area contributed by atoms with Crippen LogP contribution in [0.15, 0.2) is 4.42 Å². The van der Waals surface area contributed by atoms with Gasteiger partial charge in [-0.2, -0.15) is 0 Å². The summed E-state index contributed by atoms with van der Waals surface area (Å²) in [6, 6.07) is 0.459. The molecule has 1 aromatic heterocycles. The summed E-state index contributed by atoms with van der Waals surface area (Å²) < 4.78 is 5.50. The number of aliphatic hydroxyl groups is 1. The van der Waals surface area contributed by atoms with E-state index in [1.165, 1.54) is 0 Å². The lowest BCUT2D eigenvalue weighted by atomic mass is 10.1. The number of hydrogen-bond donors (Lipinski definition) is 1. The lowest BCUT2D eigenvalue weighted by molar-refractivity contribution is 0.0432. The van der Waals surface area contributed by atoms with E-state index in [1.807, 2.05) is 6.92 Å². The van der Waals surface area contributed by atoms with Gasteiger partial charge in [-0.1, -0.05) is 6.92 Å². The van der Waals surface area contributed by atoms with Crippen LogP contribution in [0.3, 0.4) is 0 Å². The number of hydrogen-bond acceptors (Lipinski definition) is 6. The van der Waals surface area contributed by atoms with E-state index in [-0.39, 0.29) is 12.6 Å². The van der Waals surface area contributed by atoms with Crippen LogP contribution in [0.5, 0.6) is 0 Å². The van der Waals surface area contributed by atoms with E-state index >= 15 is 0 Å². The van der Waals surface area contributed by atoms with Gasteiger partial charge in [0.2, 0.25) is 11.8 Å². The van der Waals surface area contributed by atoms with Gasteiger partial charge >= 0.3 is 0 Å². The Bertz CT molecular complexity index is 384. The van der Waals surface area contributed by atoms with Crippen molar-refractivity contribution < 1.29 is 9.52 Å². The molecule has 2 rings (SSSR count). The maximum atomic E-state index is 9.35. The van der Waals surface area contributed by atoms with Crippen LogP contribution in [-0.4, -0.2) is 63.9 Å². The zero-order valence-corrected chi connectivity index (χ0v) is 12.0. The summed E-state index contributed by atoms with van der Waals surface area (Å²) in [5, 5.41) is 17.3. The van der Waals surface area contributed by atoms with Crippen LogP contribution >= 0.6 is 0 Å². The van der Waals surface area contributed by atoms with Gasteiger partial charge in [0, 0.05) is 39.1 Å². The Labute approximate surface area is 114 Å². The summed E-state index contributed by atoms with van der Waals surface area (Å²) in [6.45, 7) is 10.2. The van der Waals surface area contributed by atoms with Crippen LogP contribution in [-0.2, 0) is 0 Å². The molecule has 1 aliphatic heterocycles. The second-order valence-corrected chi connectivity index (χ2v) is 5.15. The number of nitrogens with zero attached hydrogens (tertiary/aromatic N) is 4. The summed E-state index contributed by atoms with van der Waals surface area (Å²) in [5.74, 6) is 1.31. The highest BCUT2D eigenvalue weighted by atomic mass is 16.4. The van der Waals surface area contributed by atoms with Crippen LogP contribution < -0.4 is 0 Å². The molecule has 0 saturated carbocycles. The normalized spacial score (nSPS) is 21.5. The third-order valence-electron chi connectivity index (χ3n) is 3.99. The maximum absolute atomic E-state index is 9.35. The lowest BCUT2D eigenvalue weighted by Crippen LogP contribution is -2.51. The largest absolute Gasteiger partial charge is 0.424 e. The quantitative estimate of drug-likeness (QED) is 0.853. The van der Waals surface area contributed by atoms with E-state index in [4.69, 9.17) is 4.42 Å². The molecule has 1 saturated heterocycles. The molecule has 0 aromatic carbocycles. The monoisotopic (exact) mass is 268 g/mol. The predicted octanol–water partition coefficient (Wildman–Crippen LogP) is 0.828. The van der Waals surface area contributed by atoms with E-state index in [2.05, 4.69) is 33.8 Å². The molecule has 2 unspecified atom stereocenters. The van der Waals surface area contributed by atoms with Gasteiger partial charge < -0.3 is 9.52 Å². The number of aryl methyl sites for hydroxylation is 1. The van der Waals surface area contributed by atoms with Gasteiger partial charge in [-0.15, -0.1) is 10.2 Å². The zero-order valence-electron chi connectivity index (χ0n) is 12.0. The molecule has 1 N–H and O–H groups in total. The molecule has 1 aliphatic rings. The minimum Gasteiger partial charge on any atom is -0.424 e. The molecule has 0 bridgehead atoms. The molecule has 0 spiro atoms. The van der Waals surface area contributed by atoms with E-state index in [0.717, 1.165) is 32.6 Å². The first-order valence-corrected chi connectivity index (χ1v) is 7.04. The SMILES string of the molecule is CCC(CO)N1CCN(C(C)c2nnc(C)o2)CC1. The smallest absolute Gasteiger partial charge is 0.233 e. The molecule has 6 nitrogen and oxygen atoms in total. The van der Waals surface area contributed by atoms with Crippen molar-refractivity contribution in [2.24, 2.45) is 0 Å². The average molecular weight is 268 g/mol. The molecule has 108 valence electrons. The molecule has 2 atom stereocenters. The van der Waals surface area contributed by atoms with Crippen molar-refractivity contribution in [3.05, 3.63) is 11.8 Å². The first-order valence-electron chi connectivity index (χ1n) is 7.04. The van der Waals surface area contributed by atoms with Crippen molar-refractivity contribution in [2.75, 3.05) is 32.8 Å². The van der Waals surface area contributed by atoms with Crippen molar-refractivity contribution in [1.29, 1.82) is 0 Å². The molecular weight excluding hydrogens is 244 g/mol. The van der Waals surface area contributed by atoms with E-state index in [9.17, 15) is 5.11 Å². The fourth-order valence-corrected chi connectivity index (χ4v) is 2.63. The molecule has 0 aliphatic carbocycles. The molecular formula is C13H24N4O2. The molecule has 1 fully saturated rings. The molecule has 19 heavy (non-hydrogen) atoms. The first-order chi connectivity index (χ1) is 9.15. The highest BCUT2D eigenvalue weighted by Gasteiger charge is 2.27. The molecule has 0 radical (unpaired) electrons. The molecule has 0 amide bonds. The third kappa shape index (κ3) is 3.32. The van der Waals surface area contributed by atoms with Gasteiger partial charge in [-0.05, 0) is 13.3 Å². The van der Waals surface area contributed by atoms with Crippen molar-refractivity contribution in [3.63, 3.8) is 0 Å². The van der Waals surface area contributed by atoms with Gasteiger partial charge in [-0.25, -0.2) is 0 Å². The van der Waals surface area contributed by atoms with Crippen LogP contribution in [0.2, 0.25) is 0 Å². The Balaban J connectivity index is 1.89. The van der Waals surface area contributed by atoms with Crippen molar-refractivity contribution in [3.8, 4) is 0 Å². The predicted molar refractivity (Wildman–Crippen MR) is 71.8 cm³/mol. The van der Waals surface area contributed by atoms with Crippen LogP contribution in [0, 0.1) is 6.92 Å². The van der Waals surface area contributed by atoms with Gasteiger partial charge in [0.25, 0.3) is 0 Å².